The molecule has 2 heterocycles. The smallest absolute Gasteiger partial charge is 0.132 e. The zero-order valence-corrected chi connectivity index (χ0v) is 12.5. The van der Waals surface area contributed by atoms with Crippen molar-refractivity contribution < 1.29 is 4.74 Å². The summed E-state index contributed by atoms with van der Waals surface area (Å²) >= 11 is 0. The van der Waals surface area contributed by atoms with Crippen LogP contribution < -0.4 is 10.5 Å². The van der Waals surface area contributed by atoms with Crippen LogP contribution in [0.25, 0.3) is 22.2 Å². The second kappa shape index (κ2) is 5.11. The number of hydrogen-bond acceptors (Lipinski definition) is 3. The van der Waals surface area contributed by atoms with Crippen LogP contribution in [0.4, 0.5) is 0 Å². The van der Waals surface area contributed by atoms with Gasteiger partial charge in [-0.05, 0) is 36.2 Å². The van der Waals surface area contributed by atoms with E-state index in [1.165, 1.54) is 11.1 Å². The number of nitrogens with zero attached hydrogens (tertiary/aromatic N) is 1. The molecule has 1 atom stereocenters. The molecule has 3 nitrogen and oxygen atoms in total. The Bertz CT molecular complexity index is 857. The number of ether oxygens (including phenoxy) is 1. The SMILES string of the molecule is Cc1cc2c(c(-c3ccc4ccccc4n3)c1)O[C@@H](CN)C2. The lowest BCUT2D eigenvalue weighted by molar-refractivity contribution is 0.242. The molecule has 0 aliphatic carbocycles. The number of benzene rings is 2. The van der Waals surface area contributed by atoms with Gasteiger partial charge >= 0.3 is 0 Å². The van der Waals surface area contributed by atoms with Crippen LogP contribution >= 0.6 is 0 Å². The molecule has 0 radical (unpaired) electrons. The average molecular weight is 290 g/mol. The molecule has 0 fully saturated rings. The first-order valence-electron chi connectivity index (χ1n) is 7.61. The summed E-state index contributed by atoms with van der Waals surface area (Å²) in [6, 6.07) is 16.7. The Morgan fingerprint density at radius 3 is 2.91 bits per heavy atom. The molecule has 0 saturated carbocycles. The van der Waals surface area contributed by atoms with Crippen molar-refractivity contribution in [3.8, 4) is 17.0 Å². The third-order valence-corrected chi connectivity index (χ3v) is 4.18. The maximum Gasteiger partial charge on any atom is 0.132 e. The van der Waals surface area contributed by atoms with Crippen molar-refractivity contribution >= 4 is 10.9 Å². The molecule has 1 aromatic heterocycles. The minimum absolute atomic E-state index is 0.0796. The zero-order chi connectivity index (χ0) is 15.1. The highest BCUT2D eigenvalue weighted by atomic mass is 16.5. The first kappa shape index (κ1) is 13.3. The normalized spacial score (nSPS) is 16.5. The fourth-order valence-electron chi connectivity index (χ4n) is 3.13. The Morgan fingerprint density at radius 2 is 2.05 bits per heavy atom. The summed E-state index contributed by atoms with van der Waals surface area (Å²) in [5.74, 6) is 0.948. The standard InChI is InChI=1S/C19H18N2O/c1-12-8-14-10-15(11-20)22-19(14)16(9-12)18-7-6-13-4-2-3-5-17(13)21-18/h2-9,15H,10-11,20H2,1H3/t15-/m1/s1. The van der Waals surface area contributed by atoms with Crippen LogP contribution in [0.5, 0.6) is 5.75 Å². The van der Waals surface area contributed by atoms with Gasteiger partial charge in [-0.3, -0.25) is 0 Å². The van der Waals surface area contributed by atoms with Crippen molar-refractivity contribution in [2.75, 3.05) is 6.54 Å². The molecule has 1 aliphatic rings. The number of fused-ring (bicyclic) bond motifs is 2. The molecule has 0 unspecified atom stereocenters. The molecule has 0 bridgehead atoms. The zero-order valence-electron chi connectivity index (χ0n) is 12.5. The number of aromatic nitrogens is 1. The van der Waals surface area contributed by atoms with Crippen molar-refractivity contribution in [1.82, 2.24) is 4.98 Å². The second-order valence-corrected chi connectivity index (χ2v) is 5.87. The molecule has 2 N–H and O–H groups in total. The first-order chi connectivity index (χ1) is 10.7. The van der Waals surface area contributed by atoms with E-state index in [-0.39, 0.29) is 6.10 Å². The van der Waals surface area contributed by atoms with Gasteiger partial charge in [0.1, 0.15) is 11.9 Å². The van der Waals surface area contributed by atoms with Gasteiger partial charge in [0.15, 0.2) is 0 Å². The molecule has 4 rings (SSSR count). The van der Waals surface area contributed by atoms with E-state index < -0.39 is 0 Å². The molecular weight excluding hydrogens is 272 g/mol. The van der Waals surface area contributed by atoms with Crippen LogP contribution in [-0.2, 0) is 6.42 Å². The molecule has 3 heteroatoms. The summed E-state index contributed by atoms with van der Waals surface area (Å²) < 4.78 is 6.04. The average Bonchev–Trinajstić information content (AvgIpc) is 2.96. The highest BCUT2D eigenvalue weighted by Crippen LogP contribution is 2.39. The number of para-hydroxylation sites is 1. The molecule has 2 aromatic carbocycles. The fourth-order valence-corrected chi connectivity index (χ4v) is 3.13. The van der Waals surface area contributed by atoms with E-state index in [0.717, 1.165) is 34.3 Å². The third kappa shape index (κ3) is 2.14. The van der Waals surface area contributed by atoms with Crippen LogP contribution in [0.15, 0.2) is 48.5 Å². The third-order valence-electron chi connectivity index (χ3n) is 4.18. The van der Waals surface area contributed by atoms with Crippen molar-refractivity contribution in [2.45, 2.75) is 19.4 Å². The van der Waals surface area contributed by atoms with Gasteiger partial charge in [0.05, 0.1) is 11.2 Å². The Balaban J connectivity index is 1.88. The van der Waals surface area contributed by atoms with Crippen molar-refractivity contribution in [2.24, 2.45) is 5.73 Å². The molecule has 22 heavy (non-hydrogen) atoms. The Hall–Kier alpha value is -2.39. The van der Waals surface area contributed by atoms with E-state index in [2.05, 4.69) is 37.3 Å². The number of rotatable bonds is 2. The lowest BCUT2D eigenvalue weighted by atomic mass is 10.00. The van der Waals surface area contributed by atoms with Gasteiger partial charge in [-0.2, -0.15) is 0 Å². The number of aryl methyl sites for hydroxylation is 1. The fraction of sp³-hybridized carbons (Fsp3) is 0.211. The van der Waals surface area contributed by atoms with Gasteiger partial charge < -0.3 is 10.5 Å². The number of nitrogens with two attached hydrogens (primary N) is 1. The maximum absolute atomic E-state index is 6.04. The topological polar surface area (TPSA) is 48.1 Å². The van der Waals surface area contributed by atoms with Gasteiger partial charge in [0.25, 0.3) is 0 Å². The molecule has 1 aliphatic heterocycles. The first-order valence-corrected chi connectivity index (χ1v) is 7.61. The molecule has 0 amide bonds. The van der Waals surface area contributed by atoms with E-state index in [9.17, 15) is 0 Å². The second-order valence-electron chi connectivity index (χ2n) is 5.87. The highest BCUT2D eigenvalue weighted by molar-refractivity contribution is 5.83. The van der Waals surface area contributed by atoms with Gasteiger partial charge in [0.2, 0.25) is 0 Å². The van der Waals surface area contributed by atoms with Crippen LogP contribution in [0.3, 0.4) is 0 Å². The summed E-state index contributed by atoms with van der Waals surface area (Å²) in [6.07, 6.45) is 0.963. The summed E-state index contributed by atoms with van der Waals surface area (Å²) in [7, 11) is 0. The van der Waals surface area contributed by atoms with Gasteiger partial charge in [-0.15, -0.1) is 0 Å². The maximum atomic E-state index is 6.04. The van der Waals surface area contributed by atoms with Crippen LogP contribution in [0.2, 0.25) is 0 Å². The van der Waals surface area contributed by atoms with Gasteiger partial charge in [0, 0.05) is 23.9 Å². The minimum atomic E-state index is 0.0796. The summed E-state index contributed by atoms with van der Waals surface area (Å²) in [5, 5.41) is 1.15. The van der Waals surface area contributed by atoms with Crippen LogP contribution in [0, 0.1) is 6.92 Å². The van der Waals surface area contributed by atoms with E-state index in [1.54, 1.807) is 0 Å². The molecule has 0 spiro atoms. The monoisotopic (exact) mass is 290 g/mol. The summed E-state index contributed by atoms with van der Waals surface area (Å²) in [5.41, 5.74) is 11.3. The largest absolute Gasteiger partial charge is 0.488 e. The Morgan fingerprint density at radius 1 is 1.18 bits per heavy atom. The van der Waals surface area contributed by atoms with Crippen molar-refractivity contribution in [3.05, 3.63) is 59.7 Å². The number of pyridine rings is 1. The van der Waals surface area contributed by atoms with Gasteiger partial charge in [-0.1, -0.05) is 30.3 Å². The predicted molar refractivity (Wildman–Crippen MR) is 89.1 cm³/mol. The molecule has 0 saturated heterocycles. The number of hydrogen-bond donors (Lipinski definition) is 1. The van der Waals surface area contributed by atoms with E-state index in [4.69, 9.17) is 15.5 Å². The van der Waals surface area contributed by atoms with E-state index >= 15 is 0 Å². The van der Waals surface area contributed by atoms with E-state index in [0.29, 0.717) is 6.54 Å². The van der Waals surface area contributed by atoms with Gasteiger partial charge in [-0.25, -0.2) is 4.98 Å². The predicted octanol–water partition coefficient (Wildman–Crippen LogP) is 3.47. The Kier molecular flexibility index (Phi) is 3.09. The molecule has 3 aromatic rings. The lowest BCUT2D eigenvalue weighted by Crippen LogP contribution is -2.24. The van der Waals surface area contributed by atoms with Crippen molar-refractivity contribution in [1.29, 1.82) is 0 Å². The minimum Gasteiger partial charge on any atom is -0.488 e. The van der Waals surface area contributed by atoms with Crippen molar-refractivity contribution in [3.63, 3.8) is 0 Å². The highest BCUT2D eigenvalue weighted by Gasteiger charge is 2.25. The lowest BCUT2D eigenvalue weighted by Gasteiger charge is -2.12. The van der Waals surface area contributed by atoms with Crippen LogP contribution in [0.1, 0.15) is 11.1 Å². The molecular formula is C19H18N2O. The summed E-state index contributed by atoms with van der Waals surface area (Å²) in [4.78, 5) is 4.80. The summed E-state index contributed by atoms with van der Waals surface area (Å²) in [6.45, 7) is 2.65. The quantitative estimate of drug-likeness (QED) is 0.786. The van der Waals surface area contributed by atoms with Crippen LogP contribution in [-0.4, -0.2) is 17.6 Å². The molecule has 110 valence electrons. The Labute approximate surface area is 129 Å². The van der Waals surface area contributed by atoms with E-state index in [1.807, 2.05) is 18.2 Å².